The number of hydrogen-bond donors (Lipinski definition) is 0. The average molecular weight is 203 g/mol. The van der Waals surface area contributed by atoms with Crippen LogP contribution in [-0.4, -0.2) is 7.69 Å². The monoisotopic (exact) mass is 203 g/mol. The van der Waals surface area contributed by atoms with E-state index in [2.05, 4.69) is 19.9 Å². The van der Waals surface area contributed by atoms with E-state index in [9.17, 15) is 0 Å². The van der Waals surface area contributed by atoms with Crippen LogP contribution in [0.25, 0.3) is 0 Å². The van der Waals surface area contributed by atoms with E-state index in [4.69, 9.17) is 9.31 Å². The quantitative estimate of drug-likeness (QED) is 0.700. The van der Waals surface area contributed by atoms with E-state index in [1.54, 1.807) is 0 Å². The average Bonchev–Trinajstić information content (AvgIpc) is 2.70. The number of aryl methyl sites for hydroxylation is 1. The van der Waals surface area contributed by atoms with Crippen LogP contribution in [0, 0.1) is 0 Å². The number of fused-ring (bicyclic) bond motifs is 1. The van der Waals surface area contributed by atoms with Crippen molar-refractivity contribution < 1.29 is 9.31 Å². The van der Waals surface area contributed by atoms with Gasteiger partial charge in [-0.2, -0.15) is 0 Å². The fraction of sp³-hybridized carbons (Fsp3) is 0.500. The first kappa shape index (κ1) is 10.4. The summed E-state index contributed by atoms with van der Waals surface area (Å²) in [6, 6.07) is 4.17. The van der Waals surface area contributed by atoms with Crippen LogP contribution in [0.15, 0.2) is 12.1 Å². The molecule has 0 aromatic heterocycles. The molecule has 0 N–H and O–H groups in total. The van der Waals surface area contributed by atoms with Crippen LogP contribution in [0.5, 0.6) is 11.5 Å². The lowest BCUT2D eigenvalue weighted by atomic mass is 9.98. The van der Waals surface area contributed by atoms with Crippen LogP contribution in [0.2, 0.25) is 0 Å². The van der Waals surface area contributed by atoms with Crippen molar-refractivity contribution in [2.75, 3.05) is 0 Å². The minimum absolute atomic E-state index is 0.860. The van der Waals surface area contributed by atoms with Gasteiger partial charge in [0.15, 0.2) is 0 Å². The van der Waals surface area contributed by atoms with Gasteiger partial charge in [0.2, 0.25) is 0 Å². The van der Waals surface area contributed by atoms with Gasteiger partial charge < -0.3 is 9.31 Å². The minimum atomic E-state index is 0.860. The Labute approximate surface area is 91.9 Å². The molecule has 1 aliphatic rings. The molecule has 1 aromatic carbocycles. The summed E-state index contributed by atoms with van der Waals surface area (Å²) >= 11 is 0. The zero-order chi connectivity index (χ0) is 10.7. The van der Waals surface area contributed by atoms with Gasteiger partial charge in [-0.1, -0.05) is 32.8 Å². The van der Waals surface area contributed by atoms with E-state index in [-0.39, 0.29) is 0 Å². The zero-order valence-electron chi connectivity index (χ0n) is 9.38. The van der Waals surface area contributed by atoms with E-state index >= 15 is 0 Å². The Morgan fingerprint density at radius 2 is 1.87 bits per heavy atom. The van der Waals surface area contributed by atoms with Crippen molar-refractivity contribution in [3.05, 3.63) is 23.3 Å². The van der Waals surface area contributed by atoms with Crippen LogP contribution in [0.3, 0.4) is 0 Å². The molecule has 0 saturated carbocycles. The third-order valence-corrected chi connectivity index (χ3v) is 2.68. The Morgan fingerprint density at radius 1 is 1.07 bits per heavy atom. The maximum atomic E-state index is 5.42. The maximum absolute atomic E-state index is 5.42. The van der Waals surface area contributed by atoms with Gasteiger partial charge >= 0.3 is 7.69 Å². The molecule has 79 valence electrons. The van der Waals surface area contributed by atoms with Crippen molar-refractivity contribution >= 4 is 7.69 Å². The van der Waals surface area contributed by atoms with Crippen LogP contribution in [0.1, 0.15) is 37.8 Å². The minimum Gasteiger partial charge on any atom is -0.524 e. The highest BCUT2D eigenvalue weighted by Crippen LogP contribution is 2.37. The molecule has 0 spiro atoms. The predicted octanol–water partition coefficient (Wildman–Crippen LogP) is 2.90. The first-order valence-electron chi connectivity index (χ1n) is 5.66. The van der Waals surface area contributed by atoms with E-state index < -0.39 is 0 Å². The molecule has 0 atom stereocenters. The first-order valence-corrected chi connectivity index (χ1v) is 5.66. The fourth-order valence-electron chi connectivity index (χ4n) is 2.02. The highest BCUT2D eigenvalue weighted by Gasteiger charge is 2.21. The predicted molar refractivity (Wildman–Crippen MR) is 61.4 cm³/mol. The van der Waals surface area contributed by atoms with E-state index in [1.165, 1.54) is 25.2 Å². The molecule has 0 bridgehead atoms. The van der Waals surface area contributed by atoms with Crippen molar-refractivity contribution in [1.29, 1.82) is 0 Å². The summed E-state index contributed by atoms with van der Waals surface area (Å²) < 4.78 is 10.7. The highest BCUT2D eigenvalue weighted by atomic mass is 16.6. The normalized spacial score (nSPS) is 12.7. The van der Waals surface area contributed by atoms with E-state index in [1.807, 2.05) is 6.07 Å². The lowest BCUT2D eigenvalue weighted by Crippen LogP contribution is -2.01. The molecule has 1 radical (unpaired) electrons. The summed E-state index contributed by atoms with van der Waals surface area (Å²) in [6.07, 6.45) is 4.48. The molecule has 0 fully saturated rings. The highest BCUT2D eigenvalue weighted by molar-refractivity contribution is 6.23. The lowest BCUT2D eigenvalue weighted by Gasteiger charge is -2.11. The third-order valence-electron chi connectivity index (χ3n) is 2.68. The topological polar surface area (TPSA) is 18.5 Å². The third kappa shape index (κ3) is 1.96. The Balaban J connectivity index is 2.38. The van der Waals surface area contributed by atoms with Crippen LogP contribution < -0.4 is 9.31 Å². The van der Waals surface area contributed by atoms with Crippen molar-refractivity contribution in [1.82, 2.24) is 0 Å². The molecule has 0 unspecified atom stereocenters. The second-order valence-corrected chi connectivity index (χ2v) is 3.86. The summed E-state index contributed by atoms with van der Waals surface area (Å²) in [5, 5.41) is 0. The van der Waals surface area contributed by atoms with Gasteiger partial charge in [0.05, 0.1) is 0 Å². The Kier molecular flexibility index (Phi) is 3.19. The van der Waals surface area contributed by atoms with E-state index in [0.717, 1.165) is 30.8 Å². The molecule has 2 nitrogen and oxygen atoms in total. The Morgan fingerprint density at radius 3 is 2.60 bits per heavy atom. The molecule has 1 aromatic rings. The SMILES string of the molecule is CCCc1ccc2c(c1CCC)O[B]O2. The lowest BCUT2D eigenvalue weighted by molar-refractivity contribution is 0.538. The molecule has 1 heterocycles. The smallest absolute Gasteiger partial charge is 0.524 e. The van der Waals surface area contributed by atoms with Gasteiger partial charge in [0.25, 0.3) is 0 Å². The van der Waals surface area contributed by atoms with Crippen molar-refractivity contribution in [3.8, 4) is 11.5 Å². The number of rotatable bonds is 4. The molecular weight excluding hydrogens is 187 g/mol. The molecular formula is C12H16BO2. The number of hydrogen-bond acceptors (Lipinski definition) is 2. The van der Waals surface area contributed by atoms with Gasteiger partial charge in [0, 0.05) is 0 Å². The summed E-state index contributed by atoms with van der Waals surface area (Å²) in [5.41, 5.74) is 2.72. The maximum Gasteiger partial charge on any atom is 0.658 e. The Bertz CT molecular complexity index is 350. The van der Waals surface area contributed by atoms with Gasteiger partial charge in [0.1, 0.15) is 11.5 Å². The standard InChI is InChI=1S/C12H16BO2/c1-3-5-9-7-8-11-12(15-13-14-11)10(9)6-4-2/h7-8H,3-6H2,1-2H3. The van der Waals surface area contributed by atoms with Crippen molar-refractivity contribution in [3.63, 3.8) is 0 Å². The summed E-state index contributed by atoms with van der Waals surface area (Å²) in [7, 11) is 1.42. The molecule has 3 heteroatoms. The van der Waals surface area contributed by atoms with Gasteiger partial charge in [-0.3, -0.25) is 0 Å². The van der Waals surface area contributed by atoms with Crippen molar-refractivity contribution in [2.45, 2.75) is 39.5 Å². The molecule has 0 aliphatic carbocycles. The van der Waals surface area contributed by atoms with Gasteiger partial charge in [-0.25, -0.2) is 0 Å². The molecule has 2 rings (SSSR count). The Hall–Kier alpha value is -1.12. The molecule has 0 saturated heterocycles. The molecule has 1 aliphatic heterocycles. The molecule has 0 amide bonds. The van der Waals surface area contributed by atoms with Gasteiger partial charge in [-0.05, 0) is 30.0 Å². The zero-order valence-corrected chi connectivity index (χ0v) is 9.38. The van der Waals surface area contributed by atoms with Crippen LogP contribution in [0.4, 0.5) is 0 Å². The number of benzene rings is 1. The second kappa shape index (κ2) is 4.60. The summed E-state index contributed by atoms with van der Waals surface area (Å²) in [4.78, 5) is 0. The van der Waals surface area contributed by atoms with Crippen LogP contribution >= 0.6 is 0 Å². The largest absolute Gasteiger partial charge is 0.658 e. The first-order chi connectivity index (χ1) is 7.36. The second-order valence-electron chi connectivity index (χ2n) is 3.86. The van der Waals surface area contributed by atoms with E-state index in [0.29, 0.717) is 0 Å². The summed E-state index contributed by atoms with van der Waals surface area (Å²) in [5.74, 6) is 1.79. The van der Waals surface area contributed by atoms with Crippen molar-refractivity contribution in [2.24, 2.45) is 0 Å². The van der Waals surface area contributed by atoms with Crippen LogP contribution in [-0.2, 0) is 12.8 Å². The van der Waals surface area contributed by atoms with Gasteiger partial charge in [-0.15, -0.1) is 0 Å². The molecule has 15 heavy (non-hydrogen) atoms. The summed E-state index contributed by atoms with van der Waals surface area (Å²) in [6.45, 7) is 4.39. The fourth-order valence-corrected chi connectivity index (χ4v) is 2.02.